The van der Waals surface area contributed by atoms with Crippen molar-refractivity contribution in [1.29, 1.82) is 0 Å². The molecule has 3 nitrogen and oxygen atoms in total. The van der Waals surface area contributed by atoms with E-state index in [0.717, 1.165) is 5.56 Å². The molecule has 1 N–H and O–H groups in total. The smallest absolute Gasteiger partial charge is 0.333 e. The molecule has 1 rings (SSSR count). The lowest BCUT2D eigenvalue weighted by Gasteiger charge is -2.13. The summed E-state index contributed by atoms with van der Waals surface area (Å²) >= 11 is 0. The molecule has 0 radical (unpaired) electrons. The largest absolute Gasteiger partial charge is 0.466 e. The molecule has 1 aromatic carbocycles. The maximum Gasteiger partial charge on any atom is 0.333 e. The van der Waals surface area contributed by atoms with Crippen molar-refractivity contribution >= 4 is 5.97 Å². The van der Waals surface area contributed by atoms with Crippen LogP contribution in [0, 0.1) is 12.7 Å². The van der Waals surface area contributed by atoms with Gasteiger partial charge in [0.25, 0.3) is 0 Å². The second-order valence-corrected chi connectivity index (χ2v) is 4.52. The summed E-state index contributed by atoms with van der Waals surface area (Å²) in [5, 5.41) is 3.20. The highest BCUT2D eigenvalue weighted by Gasteiger charge is 2.07. The number of nitrogens with one attached hydrogen (secondary N) is 1. The molecule has 0 amide bonds. The topological polar surface area (TPSA) is 38.3 Å². The predicted octanol–water partition coefficient (Wildman–Crippen LogP) is 2.90. The second kappa shape index (κ2) is 7.04. The standard InChI is InChI=1S/C15H20FNO2/c1-10-5-6-13(9-14(10)16)12(3)17-8-7-11(2)15(18)19-4/h5-7,9,12,17H,8H2,1-4H3/b11-7+. The lowest BCUT2D eigenvalue weighted by Crippen LogP contribution is -2.19. The van der Waals surface area contributed by atoms with Crippen LogP contribution >= 0.6 is 0 Å². The van der Waals surface area contributed by atoms with E-state index in [1.165, 1.54) is 13.2 Å². The Labute approximate surface area is 113 Å². The van der Waals surface area contributed by atoms with E-state index in [4.69, 9.17) is 0 Å². The fraction of sp³-hybridized carbons (Fsp3) is 0.400. The Morgan fingerprint density at radius 1 is 1.53 bits per heavy atom. The van der Waals surface area contributed by atoms with E-state index in [9.17, 15) is 9.18 Å². The van der Waals surface area contributed by atoms with Gasteiger partial charge in [0.1, 0.15) is 5.82 Å². The summed E-state index contributed by atoms with van der Waals surface area (Å²) in [6.07, 6.45) is 1.76. The third-order valence-electron chi connectivity index (χ3n) is 3.04. The average molecular weight is 265 g/mol. The monoisotopic (exact) mass is 265 g/mol. The number of hydrogen-bond acceptors (Lipinski definition) is 3. The Morgan fingerprint density at radius 2 is 2.21 bits per heavy atom. The molecule has 4 heteroatoms. The Morgan fingerprint density at radius 3 is 2.79 bits per heavy atom. The quantitative estimate of drug-likeness (QED) is 0.657. The van der Waals surface area contributed by atoms with Gasteiger partial charge in [0, 0.05) is 18.2 Å². The van der Waals surface area contributed by atoms with Crippen molar-refractivity contribution in [3.8, 4) is 0 Å². The van der Waals surface area contributed by atoms with Crippen LogP contribution in [0.25, 0.3) is 0 Å². The Balaban J connectivity index is 2.58. The maximum atomic E-state index is 13.4. The summed E-state index contributed by atoms with van der Waals surface area (Å²) in [4.78, 5) is 11.2. The Bertz CT molecular complexity index is 483. The molecule has 0 saturated heterocycles. The summed E-state index contributed by atoms with van der Waals surface area (Å²) in [6.45, 7) is 5.91. The van der Waals surface area contributed by atoms with Crippen molar-refractivity contribution in [2.45, 2.75) is 26.8 Å². The van der Waals surface area contributed by atoms with Gasteiger partial charge in [0.05, 0.1) is 7.11 Å². The van der Waals surface area contributed by atoms with E-state index < -0.39 is 0 Å². The van der Waals surface area contributed by atoms with Gasteiger partial charge < -0.3 is 10.1 Å². The van der Waals surface area contributed by atoms with Gasteiger partial charge in [0.15, 0.2) is 0 Å². The van der Waals surface area contributed by atoms with Crippen molar-refractivity contribution in [1.82, 2.24) is 5.32 Å². The van der Waals surface area contributed by atoms with Crippen molar-refractivity contribution < 1.29 is 13.9 Å². The number of esters is 1. The number of carbonyl (C=O) groups is 1. The fourth-order valence-electron chi connectivity index (χ4n) is 1.63. The van der Waals surface area contributed by atoms with E-state index in [0.29, 0.717) is 17.7 Å². The SMILES string of the molecule is COC(=O)/C(C)=C/CNC(C)c1ccc(C)c(F)c1. The zero-order valence-electron chi connectivity index (χ0n) is 11.8. The minimum Gasteiger partial charge on any atom is -0.466 e. The van der Waals surface area contributed by atoms with Crippen LogP contribution in [0.3, 0.4) is 0 Å². The first-order valence-corrected chi connectivity index (χ1v) is 6.20. The van der Waals surface area contributed by atoms with Gasteiger partial charge >= 0.3 is 5.97 Å². The van der Waals surface area contributed by atoms with Crippen molar-refractivity contribution in [2.24, 2.45) is 0 Å². The molecule has 1 aromatic rings. The van der Waals surface area contributed by atoms with Crippen LogP contribution in [0.4, 0.5) is 4.39 Å². The lowest BCUT2D eigenvalue weighted by atomic mass is 10.1. The van der Waals surface area contributed by atoms with Crippen LogP contribution in [0.1, 0.15) is 31.0 Å². The molecule has 0 bridgehead atoms. The van der Waals surface area contributed by atoms with Gasteiger partial charge in [-0.3, -0.25) is 0 Å². The van der Waals surface area contributed by atoms with Gasteiger partial charge in [0.2, 0.25) is 0 Å². The first kappa shape index (κ1) is 15.4. The zero-order valence-corrected chi connectivity index (χ0v) is 11.8. The Hall–Kier alpha value is -1.68. The van der Waals surface area contributed by atoms with E-state index >= 15 is 0 Å². The number of ether oxygens (including phenoxy) is 1. The number of hydrogen-bond donors (Lipinski definition) is 1. The number of rotatable bonds is 5. The van der Waals surface area contributed by atoms with E-state index in [1.807, 2.05) is 13.0 Å². The molecule has 104 valence electrons. The van der Waals surface area contributed by atoms with Crippen LogP contribution in [-0.4, -0.2) is 19.6 Å². The molecule has 19 heavy (non-hydrogen) atoms. The van der Waals surface area contributed by atoms with Crippen LogP contribution in [-0.2, 0) is 9.53 Å². The molecule has 0 aliphatic carbocycles. The van der Waals surface area contributed by atoms with Gasteiger partial charge in [-0.2, -0.15) is 0 Å². The number of methoxy groups -OCH3 is 1. The second-order valence-electron chi connectivity index (χ2n) is 4.52. The van der Waals surface area contributed by atoms with Crippen molar-refractivity contribution in [2.75, 3.05) is 13.7 Å². The average Bonchev–Trinajstić information content (AvgIpc) is 2.40. The lowest BCUT2D eigenvalue weighted by molar-refractivity contribution is -0.136. The third kappa shape index (κ3) is 4.48. The molecule has 0 aliphatic heterocycles. The summed E-state index contributed by atoms with van der Waals surface area (Å²) in [6, 6.07) is 5.20. The van der Waals surface area contributed by atoms with Crippen LogP contribution in [0.15, 0.2) is 29.8 Å². The number of carbonyl (C=O) groups excluding carboxylic acids is 1. The predicted molar refractivity (Wildman–Crippen MR) is 73.3 cm³/mol. The first-order chi connectivity index (χ1) is 8.95. The summed E-state index contributed by atoms with van der Waals surface area (Å²) in [5.41, 5.74) is 2.07. The number of benzene rings is 1. The highest BCUT2D eigenvalue weighted by molar-refractivity contribution is 5.87. The zero-order chi connectivity index (χ0) is 14.4. The summed E-state index contributed by atoms with van der Waals surface area (Å²) in [7, 11) is 1.35. The molecule has 0 saturated carbocycles. The third-order valence-corrected chi connectivity index (χ3v) is 3.04. The number of aryl methyl sites for hydroxylation is 1. The molecule has 0 fully saturated rings. The maximum absolute atomic E-state index is 13.4. The molecular weight excluding hydrogens is 245 g/mol. The van der Waals surface area contributed by atoms with Crippen LogP contribution in [0.5, 0.6) is 0 Å². The van der Waals surface area contributed by atoms with Gasteiger partial charge in [-0.25, -0.2) is 9.18 Å². The van der Waals surface area contributed by atoms with Crippen LogP contribution in [0.2, 0.25) is 0 Å². The van der Waals surface area contributed by atoms with E-state index in [-0.39, 0.29) is 17.8 Å². The number of halogens is 1. The van der Waals surface area contributed by atoms with E-state index in [2.05, 4.69) is 10.1 Å². The fourth-order valence-corrected chi connectivity index (χ4v) is 1.63. The van der Waals surface area contributed by atoms with Crippen molar-refractivity contribution in [3.63, 3.8) is 0 Å². The minimum atomic E-state index is -0.337. The van der Waals surface area contributed by atoms with Crippen LogP contribution < -0.4 is 5.32 Å². The first-order valence-electron chi connectivity index (χ1n) is 6.20. The molecule has 0 aromatic heterocycles. The summed E-state index contributed by atoms with van der Waals surface area (Å²) in [5.74, 6) is -0.539. The minimum absolute atomic E-state index is 0.0109. The Kier molecular flexibility index (Phi) is 5.70. The van der Waals surface area contributed by atoms with E-state index in [1.54, 1.807) is 26.0 Å². The molecule has 0 heterocycles. The molecular formula is C15H20FNO2. The normalized spacial score (nSPS) is 13.2. The van der Waals surface area contributed by atoms with Gasteiger partial charge in [-0.1, -0.05) is 18.2 Å². The molecule has 1 atom stereocenters. The van der Waals surface area contributed by atoms with Gasteiger partial charge in [-0.15, -0.1) is 0 Å². The highest BCUT2D eigenvalue weighted by atomic mass is 19.1. The molecule has 0 aliphatic rings. The molecule has 0 spiro atoms. The molecule has 1 unspecified atom stereocenters. The summed E-state index contributed by atoms with van der Waals surface area (Å²) < 4.78 is 18.0. The van der Waals surface area contributed by atoms with Crippen molar-refractivity contribution in [3.05, 3.63) is 46.8 Å². The highest BCUT2D eigenvalue weighted by Crippen LogP contribution is 2.16. The van der Waals surface area contributed by atoms with Gasteiger partial charge in [-0.05, 0) is 38.0 Å².